The van der Waals surface area contributed by atoms with Gasteiger partial charge in [0.05, 0.1) is 0 Å². The zero-order valence-corrected chi connectivity index (χ0v) is 12.3. The molecule has 112 valence electrons. The van der Waals surface area contributed by atoms with Crippen LogP contribution in [0.3, 0.4) is 0 Å². The van der Waals surface area contributed by atoms with Crippen molar-refractivity contribution in [3.8, 4) is 0 Å². The summed E-state index contributed by atoms with van der Waals surface area (Å²) in [6.07, 6.45) is 4.25. The number of allylic oxidation sites excluding steroid dienone is 1. The summed E-state index contributed by atoms with van der Waals surface area (Å²) in [6, 6.07) is 17.7. The molecular weight excluding hydrogens is 288 g/mol. The highest BCUT2D eigenvalue weighted by Crippen LogP contribution is 2.23. The Morgan fingerprint density at radius 2 is 1.91 bits per heavy atom. The van der Waals surface area contributed by atoms with Crippen LogP contribution in [0.2, 0.25) is 0 Å². The van der Waals surface area contributed by atoms with Crippen LogP contribution < -0.4 is 0 Å². The lowest BCUT2D eigenvalue weighted by molar-refractivity contribution is -0.130. The molecule has 23 heavy (non-hydrogen) atoms. The zero-order chi connectivity index (χ0) is 15.6. The largest absolute Gasteiger partial charge is 0.402 e. The monoisotopic (exact) mass is 302 g/mol. The average molecular weight is 302 g/mol. The molecule has 4 nitrogen and oxygen atoms in total. The molecule has 1 aliphatic heterocycles. The maximum absolute atomic E-state index is 12.0. The molecule has 0 atom stereocenters. The summed E-state index contributed by atoms with van der Waals surface area (Å²) in [4.78, 5) is 19.5. The fourth-order valence-corrected chi connectivity index (χ4v) is 2.68. The number of nitrogens with one attached hydrogen (secondary N) is 1. The number of aromatic amines is 1. The molecule has 0 unspecified atom stereocenters. The molecule has 3 aromatic rings. The van der Waals surface area contributed by atoms with Gasteiger partial charge in [0.25, 0.3) is 0 Å². The molecule has 2 aromatic carbocycles. The van der Waals surface area contributed by atoms with E-state index in [2.05, 4.69) is 9.98 Å². The van der Waals surface area contributed by atoms with E-state index >= 15 is 0 Å². The van der Waals surface area contributed by atoms with Crippen LogP contribution in [0, 0.1) is 0 Å². The van der Waals surface area contributed by atoms with E-state index in [9.17, 15) is 4.79 Å². The number of ether oxygens (including phenoxy) is 1. The highest BCUT2D eigenvalue weighted by Gasteiger charge is 2.24. The van der Waals surface area contributed by atoms with Gasteiger partial charge < -0.3 is 9.72 Å². The Hall–Kier alpha value is -3.14. The average Bonchev–Trinajstić information content (AvgIpc) is 3.22. The lowest BCUT2D eigenvalue weighted by Crippen LogP contribution is -2.06. The number of H-pyrrole nitrogens is 1. The van der Waals surface area contributed by atoms with Gasteiger partial charge in [0.15, 0.2) is 0 Å². The van der Waals surface area contributed by atoms with Gasteiger partial charge in [-0.3, -0.25) is 0 Å². The van der Waals surface area contributed by atoms with Gasteiger partial charge in [-0.2, -0.15) is 0 Å². The van der Waals surface area contributed by atoms with Crippen molar-refractivity contribution in [1.82, 2.24) is 4.98 Å². The molecule has 1 aromatic heterocycles. The first-order chi connectivity index (χ1) is 11.3. The van der Waals surface area contributed by atoms with Crippen LogP contribution in [0.25, 0.3) is 10.8 Å². The van der Waals surface area contributed by atoms with Gasteiger partial charge in [-0.05, 0) is 35.0 Å². The second-order valence-electron chi connectivity index (χ2n) is 5.32. The van der Waals surface area contributed by atoms with Crippen molar-refractivity contribution in [2.45, 2.75) is 6.42 Å². The molecule has 0 spiro atoms. The van der Waals surface area contributed by atoms with Crippen molar-refractivity contribution in [2.24, 2.45) is 4.99 Å². The Bertz CT molecular complexity index is 932. The van der Waals surface area contributed by atoms with Crippen LogP contribution in [0.1, 0.15) is 11.3 Å². The number of fused-ring (bicyclic) bond motifs is 1. The Labute approximate surface area is 133 Å². The lowest BCUT2D eigenvalue weighted by Gasteiger charge is -2.04. The third-order valence-corrected chi connectivity index (χ3v) is 3.82. The van der Waals surface area contributed by atoms with Crippen LogP contribution in [-0.2, 0) is 16.0 Å². The molecule has 0 saturated carbocycles. The minimum Gasteiger partial charge on any atom is -0.402 e. The van der Waals surface area contributed by atoms with Crippen LogP contribution in [0.4, 0.5) is 0 Å². The second kappa shape index (κ2) is 5.57. The molecule has 0 aliphatic carbocycles. The molecule has 0 radical (unpaired) electrons. The van der Waals surface area contributed by atoms with E-state index in [4.69, 9.17) is 4.74 Å². The molecule has 0 saturated heterocycles. The van der Waals surface area contributed by atoms with E-state index in [-0.39, 0.29) is 0 Å². The molecule has 2 heterocycles. The fourth-order valence-electron chi connectivity index (χ4n) is 2.68. The van der Waals surface area contributed by atoms with Gasteiger partial charge in [-0.15, -0.1) is 0 Å². The highest BCUT2D eigenvalue weighted by atomic mass is 16.6. The van der Waals surface area contributed by atoms with Gasteiger partial charge >= 0.3 is 5.97 Å². The predicted molar refractivity (Wildman–Crippen MR) is 89.2 cm³/mol. The number of aliphatic imine (C=N–C) groups is 1. The van der Waals surface area contributed by atoms with Crippen molar-refractivity contribution >= 4 is 22.6 Å². The van der Waals surface area contributed by atoms with E-state index in [0.29, 0.717) is 18.0 Å². The normalized spacial score (nSPS) is 15.9. The third-order valence-electron chi connectivity index (χ3n) is 3.82. The minimum atomic E-state index is -0.403. The molecule has 4 rings (SSSR count). The van der Waals surface area contributed by atoms with Crippen molar-refractivity contribution in [3.63, 3.8) is 0 Å². The van der Waals surface area contributed by atoms with Crippen molar-refractivity contribution in [2.75, 3.05) is 0 Å². The standard InChI is InChI=1S/C19H14N2O2/c22-19-17(11-10-14-7-4-12-20-14)21-18(23-19)16-9-3-6-13-5-1-2-8-15(13)16/h1-9,11-12,20H,10H2/b17-11+. The summed E-state index contributed by atoms with van der Waals surface area (Å²) in [5.74, 6) is -0.0379. The molecule has 4 heteroatoms. The summed E-state index contributed by atoms with van der Waals surface area (Å²) >= 11 is 0. The van der Waals surface area contributed by atoms with Crippen LogP contribution in [0.15, 0.2) is 77.6 Å². The number of esters is 1. The number of hydrogen-bond acceptors (Lipinski definition) is 3. The maximum Gasteiger partial charge on any atom is 0.363 e. The summed E-state index contributed by atoms with van der Waals surface area (Å²) < 4.78 is 5.37. The minimum absolute atomic E-state index is 0.350. The smallest absolute Gasteiger partial charge is 0.363 e. The number of hydrogen-bond donors (Lipinski definition) is 1. The first-order valence-electron chi connectivity index (χ1n) is 7.43. The number of benzene rings is 2. The number of rotatable bonds is 3. The first-order valence-corrected chi connectivity index (χ1v) is 7.43. The Balaban J connectivity index is 1.70. The van der Waals surface area contributed by atoms with Crippen molar-refractivity contribution in [1.29, 1.82) is 0 Å². The lowest BCUT2D eigenvalue weighted by atomic mass is 10.0. The predicted octanol–water partition coefficient (Wildman–Crippen LogP) is 3.60. The van der Waals surface area contributed by atoms with E-state index in [1.165, 1.54) is 0 Å². The Morgan fingerprint density at radius 1 is 1.04 bits per heavy atom. The second-order valence-corrected chi connectivity index (χ2v) is 5.32. The quantitative estimate of drug-likeness (QED) is 0.593. The number of nitrogens with zero attached hydrogens (tertiary/aromatic N) is 1. The van der Waals surface area contributed by atoms with Gasteiger partial charge in [-0.25, -0.2) is 9.79 Å². The highest BCUT2D eigenvalue weighted by molar-refractivity contribution is 6.16. The van der Waals surface area contributed by atoms with E-state index in [1.807, 2.05) is 60.8 Å². The topological polar surface area (TPSA) is 54.4 Å². The summed E-state index contributed by atoms with van der Waals surface area (Å²) in [7, 11) is 0. The number of carbonyl (C=O) groups is 1. The molecule has 0 bridgehead atoms. The first kappa shape index (κ1) is 13.5. The van der Waals surface area contributed by atoms with Gasteiger partial charge in [0, 0.05) is 23.9 Å². The summed E-state index contributed by atoms with van der Waals surface area (Å²) in [5, 5.41) is 2.11. The molecular formula is C19H14N2O2. The Kier molecular flexibility index (Phi) is 3.27. The molecule has 0 amide bonds. The fraction of sp³-hybridized carbons (Fsp3) is 0.0526. The van der Waals surface area contributed by atoms with E-state index < -0.39 is 5.97 Å². The Morgan fingerprint density at radius 3 is 2.78 bits per heavy atom. The van der Waals surface area contributed by atoms with Crippen molar-refractivity contribution < 1.29 is 9.53 Å². The van der Waals surface area contributed by atoms with E-state index in [1.54, 1.807) is 6.08 Å². The van der Waals surface area contributed by atoms with Gasteiger partial charge in [0.2, 0.25) is 5.90 Å². The molecule has 1 N–H and O–H groups in total. The number of carbonyl (C=O) groups excluding carboxylic acids is 1. The number of aromatic nitrogens is 1. The van der Waals surface area contributed by atoms with Crippen LogP contribution >= 0.6 is 0 Å². The molecule has 0 fully saturated rings. The zero-order valence-electron chi connectivity index (χ0n) is 12.3. The van der Waals surface area contributed by atoms with Crippen molar-refractivity contribution in [3.05, 3.63) is 83.8 Å². The third kappa shape index (κ3) is 2.55. The SMILES string of the molecule is O=C1OC(c2cccc3ccccc23)=N/C1=C/Cc1ccc[nH]1. The van der Waals surface area contributed by atoms with Crippen LogP contribution in [-0.4, -0.2) is 16.9 Å². The summed E-state index contributed by atoms with van der Waals surface area (Å²) in [6.45, 7) is 0. The van der Waals surface area contributed by atoms with Gasteiger partial charge in [-0.1, -0.05) is 36.4 Å². The maximum atomic E-state index is 12.0. The van der Waals surface area contributed by atoms with E-state index in [0.717, 1.165) is 22.0 Å². The summed E-state index contributed by atoms with van der Waals surface area (Å²) in [5.41, 5.74) is 2.21. The van der Waals surface area contributed by atoms with Gasteiger partial charge in [0.1, 0.15) is 5.70 Å². The molecule has 1 aliphatic rings. The van der Waals surface area contributed by atoms with Crippen LogP contribution in [0.5, 0.6) is 0 Å². The number of cyclic esters (lactones) is 1.